The lowest BCUT2D eigenvalue weighted by molar-refractivity contribution is -0.162. The zero-order chi connectivity index (χ0) is 21.9. The van der Waals surface area contributed by atoms with Crippen molar-refractivity contribution < 1.29 is 14.7 Å². The minimum atomic E-state index is -0.271. The first-order valence-electron chi connectivity index (χ1n) is 12.7. The Morgan fingerprint density at radius 1 is 0.875 bits per heavy atom. The summed E-state index contributed by atoms with van der Waals surface area (Å²) in [5, 5.41) is 10.2. The van der Waals surface area contributed by atoms with Crippen molar-refractivity contribution in [2.45, 2.75) is 57.4 Å². The third-order valence-corrected chi connectivity index (χ3v) is 9.10. The summed E-state index contributed by atoms with van der Waals surface area (Å²) in [6.45, 7) is 3.44. The SMILES string of the molecule is O=C(C1CCCN1C(=O)C12CC3CC(CC(C3)C1)C2)N1CCN(c2ccccc2O)CC1. The number of hydrogen-bond donors (Lipinski definition) is 1. The van der Waals surface area contributed by atoms with Crippen LogP contribution in [0.3, 0.4) is 0 Å². The van der Waals surface area contributed by atoms with Crippen LogP contribution < -0.4 is 4.90 Å². The molecule has 1 atom stereocenters. The number of phenolic OH excluding ortho intramolecular Hbond substituents is 1. The molecule has 2 heterocycles. The van der Waals surface area contributed by atoms with Crippen molar-refractivity contribution in [2.24, 2.45) is 23.2 Å². The zero-order valence-electron chi connectivity index (χ0n) is 18.9. The van der Waals surface area contributed by atoms with Crippen LogP contribution in [-0.4, -0.2) is 65.5 Å². The number of piperazine rings is 1. The van der Waals surface area contributed by atoms with E-state index in [1.165, 1.54) is 19.3 Å². The van der Waals surface area contributed by atoms with Gasteiger partial charge in [0.2, 0.25) is 11.8 Å². The van der Waals surface area contributed by atoms with Crippen molar-refractivity contribution in [2.75, 3.05) is 37.6 Å². The van der Waals surface area contributed by atoms with Gasteiger partial charge in [0.1, 0.15) is 11.8 Å². The van der Waals surface area contributed by atoms with Crippen LogP contribution in [0.25, 0.3) is 0 Å². The monoisotopic (exact) mass is 437 g/mol. The van der Waals surface area contributed by atoms with Crippen LogP contribution in [0.1, 0.15) is 51.4 Å². The fraction of sp³-hybridized carbons (Fsp3) is 0.692. The van der Waals surface area contributed by atoms with Crippen molar-refractivity contribution >= 4 is 17.5 Å². The molecule has 6 nitrogen and oxygen atoms in total. The Morgan fingerprint density at radius 3 is 2.12 bits per heavy atom. The first kappa shape index (κ1) is 20.4. The van der Waals surface area contributed by atoms with Crippen molar-refractivity contribution in [1.82, 2.24) is 9.80 Å². The maximum Gasteiger partial charge on any atom is 0.245 e. The Morgan fingerprint density at radius 2 is 1.50 bits per heavy atom. The number of phenols is 1. The number of para-hydroxylation sites is 2. The highest BCUT2D eigenvalue weighted by molar-refractivity contribution is 5.91. The molecule has 2 amide bonds. The fourth-order valence-corrected chi connectivity index (χ4v) is 8.05. The van der Waals surface area contributed by atoms with Gasteiger partial charge in [-0.05, 0) is 81.3 Å². The van der Waals surface area contributed by atoms with Crippen molar-refractivity contribution in [3.63, 3.8) is 0 Å². The first-order valence-corrected chi connectivity index (χ1v) is 12.7. The Labute approximate surface area is 190 Å². The molecule has 172 valence electrons. The summed E-state index contributed by atoms with van der Waals surface area (Å²) < 4.78 is 0. The third kappa shape index (κ3) is 3.29. The third-order valence-electron chi connectivity index (χ3n) is 9.10. The highest BCUT2D eigenvalue weighted by atomic mass is 16.3. The molecular weight excluding hydrogens is 402 g/mol. The molecule has 1 aromatic carbocycles. The number of nitrogens with zero attached hydrogens (tertiary/aromatic N) is 3. The average Bonchev–Trinajstić information content (AvgIpc) is 3.27. The highest BCUT2D eigenvalue weighted by Gasteiger charge is 2.57. The molecule has 6 heteroatoms. The van der Waals surface area contributed by atoms with Gasteiger partial charge in [0, 0.05) is 32.7 Å². The number of carbonyl (C=O) groups is 2. The summed E-state index contributed by atoms with van der Waals surface area (Å²) in [7, 11) is 0. The number of amides is 2. The molecule has 6 aliphatic rings. The molecule has 2 saturated heterocycles. The Hall–Kier alpha value is -2.24. The van der Waals surface area contributed by atoms with Gasteiger partial charge in [-0.3, -0.25) is 9.59 Å². The van der Waals surface area contributed by atoms with Gasteiger partial charge >= 0.3 is 0 Å². The standard InChI is InChI=1S/C26H35N3O3/c30-23-6-2-1-4-21(23)27-8-10-28(11-9-27)24(31)22-5-3-7-29(22)25(32)26-15-18-12-19(16-26)14-20(13-18)17-26/h1-2,4,6,18-20,22,30H,3,5,7-17H2. The second-order valence-corrected chi connectivity index (χ2v) is 11.2. The van der Waals surface area contributed by atoms with Crippen molar-refractivity contribution in [1.29, 1.82) is 0 Å². The van der Waals surface area contributed by atoms with Gasteiger partial charge in [-0.25, -0.2) is 0 Å². The molecule has 6 fully saturated rings. The summed E-state index contributed by atoms with van der Waals surface area (Å²) in [6.07, 6.45) is 8.92. The van der Waals surface area contributed by atoms with Gasteiger partial charge < -0.3 is 19.8 Å². The lowest BCUT2D eigenvalue weighted by atomic mass is 9.49. The van der Waals surface area contributed by atoms with E-state index in [1.54, 1.807) is 6.07 Å². The number of carbonyl (C=O) groups excluding carboxylic acids is 2. The van der Waals surface area contributed by atoms with E-state index in [0.29, 0.717) is 32.1 Å². The summed E-state index contributed by atoms with van der Waals surface area (Å²) in [6, 6.07) is 7.12. The Kier molecular flexibility index (Phi) is 4.88. The molecule has 1 N–H and O–H groups in total. The van der Waals surface area contributed by atoms with Crippen LogP contribution in [0, 0.1) is 23.2 Å². The number of benzene rings is 1. The quantitative estimate of drug-likeness (QED) is 0.789. The molecule has 0 radical (unpaired) electrons. The summed E-state index contributed by atoms with van der Waals surface area (Å²) >= 11 is 0. The first-order chi connectivity index (χ1) is 15.5. The minimum absolute atomic E-state index is 0.137. The van der Waals surface area contributed by atoms with E-state index >= 15 is 0 Å². The Balaban J connectivity index is 1.13. The van der Waals surface area contributed by atoms with E-state index in [4.69, 9.17) is 0 Å². The van der Waals surface area contributed by atoms with Gasteiger partial charge in [-0.15, -0.1) is 0 Å². The van der Waals surface area contributed by atoms with Gasteiger partial charge in [0.05, 0.1) is 11.1 Å². The summed E-state index contributed by atoms with van der Waals surface area (Å²) in [5.41, 5.74) is 0.667. The lowest BCUT2D eigenvalue weighted by Gasteiger charge is -2.56. The summed E-state index contributed by atoms with van der Waals surface area (Å²) in [5.74, 6) is 2.95. The van der Waals surface area contributed by atoms with Gasteiger partial charge in [0.15, 0.2) is 0 Å². The van der Waals surface area contributed by atoms with E-state index in [2.05, 4.69) is 4.90 Å². The van der Waals surface area contributed by atoms with Crippen molar-refractivity contribution in [3.8, 4) is 5.75 Å². The molecule has 32 heavy (non-hydrogen) atoms. The lowest BCUT2D eigenvalue weighted by Crippen LogP contribution is -2.59. The number of likely N-dealkylation sites (tertiary alicyclic amines) is 1. The number of aromatic hydroxyl groups is 1. The zero-order valence-corrected chi connectivity index (χ0v) is 18.9. The summed E-state index contributed by atoms with van der Waals surface area (Å²) in [4.78, 5) is 33.5. The minimum Gasteiger partial charge on any atom is -0.506 e. The number of anilines is 1. The normalized spacial score (nSPS) is 36.1. The molecule has 1 unspecified atom stereocenters. The average molecular weight is 438 g/mol. The Bertz CT molecular complexity index is 872. The van der Waals surface area contributed by atoms with E-state index in [1.807, 2.05) is 28.0 Å². The van der Waals surface area contributed by atoms with E-state index in [0.717, 1.165) is 62.1 Å². The molecule has 0 spiro atoms. The largest absolute Gasteiger partial charge is 0.506 e. The van der Waals surface area contributed by atoms with Crippen LogP contribution >= 0.6 is 0 Å². The number of rotatable bonds is 3. The second-order valence-electron chi connectivity index (χ2n) is 11.2. The fourth-order valence-electron chi connectivity index (χ4n) is 8.05. The van der Waals surface area contributed by atoms with Crippen LogP contribution in [-0.2, 0) is 9.59 Å². The highest BCUT2D eigenvalue weighted by Crippen LogP contribution is 2.60. The van der Waals surface area contributed by atoms with E-state index in [-0.39, 0.29) is 23.1 Å². The van der Waals surface area contributed by atoms with Crippen molar-refractivity contribution in [3.05, 3.63) is 24.3 Å². The predicted molar refractivity (Wildman–Crippen MR) is 122 cm³/mol. The molecule has 4 saturated carbocycles. The van der Waals surface area contributed by atoms with Gasteiger partial charge in [-0.2, -0.15) is 0 Å². The molecule has 4 bridgehead atoms. The maximum absolute atomic E-state index is 13.9. The van der Waals surface area contributed by atoms with E-state index in [9.17, 15) is 14.7 Å². The predicted octanol–water partition coefficient (Wildman–Crippen LogP) is 3.25. The topological polar surface area (TPSA) is 64.1 Å². The molecular formula is C26H35N3O3. The molecule has 2 aliphatic heterocycles. The van der Waals surface area contributed by atoms with Gasteiger partial charge in [0.25, 0.3) is 0 Å². The van der Waals surface area contributed by atoms with Crippen LogP contribution in [0.15, 0.2) is 24.3 Å². The molecule has 7 rings (SSSR count). The molecule has 1 aromatic rings. The van der Waals surface area contributed by atoms with Gasteiger partial charge in [-0.1, -0.05) is 12.1 Å². The smallest absolute Gasteiger partial charge is 0.245 e. The van der Waals surface area contributed by atoms with E-state index < -0.39 is 0 Å². The molecule has 0 aromatic heterocycles. The maximum atomic E-state index is 13.9. The van der Waals surface area contributed by atoms with Crippen LogP contribution in [0.5, 0.6) is 5.75 Å². The number of hydrogen-bond acceptors (Lipinski definition) is 4. The second kappa shape index (κ2) is 7.67. The van der Waals surface area contributed by atoms with Crippen LogP contribution in [0.4, 0.5) is 5.69 Å². The van der Waals surface area contributed by atoms with Crippen LogP contribution in [0.2, 0.25) is 0 Å². The molecule has 4 aliphatic carbocycles.